The van der Waals surface area contributed by atoms with Crippen molar-refractivity contribution in [1.82, 2.24) is 14.5 Å². The Hall–Kier alpha value is -2.41. The number of aromatic amines is 1. The summed E-state index contributed by atoms with van der Waals surface area (Å²) in [5, 5.41) is 0.455. The van der Waals surface area contributed by atoms with Gasteiger partial charge in [-0.1, -0.05) is 12.1 Å². The summed E-state index contributed by atoms with van der Waals surface area (Å²) in [4.78, 5) is 41.0. The first-order valence-electron chi connectivity index (χ1n) is 8.78. The van der Waals surface area contributed by atoms with Crippen LogP contribution in [-0.2, 0) is 16.1 Å². The second kappa shape index (κ2) is 6.48. The van der Waals surface area contributed by atoms with E-state index in [4.69, 9.17) is 4.74 Å². The summed E-state index contributed by atoms with van der Waals surface area (Å²) in [7, 11) is 0. The minimum Gasteiger partial charge on any atom is -0.374 e. The zero-order valence-electron chi connectivity index (χ0n) is 13.9. The number of fused-ring (bicyclic) bond motifs is 2. The molecule has 1 aromatic carbocycles. The predicted molar refractivity (Wildman–Crippen MR) is 92.5 cm³/mol. The van der Waals surface area contributed by atoms with Gasteiger partial charge in [0.1, 0.15) is 0 Å². The summed E-state index contributed by atoms with van der Waals surface area (Å²) >= 11 is 0. The van der Waals surface area contributed by atoms with Crippen LogP contribution in [0.3, 0.4) is 0 Å². The Morgan fingerprint density at radius 2 is 2.08 bits per heavy atom. The largest absolute Gasteiger partial charge is 0.374 e. The van der Waals surface area contributed by atoms with Crippen LogP contribution in [0.25, 0.3) is 10.9 Å². The number of para-hydroxylation sites is 1. The van der Waals surface area contributed by atoms with Crippen LogP contribution in [0.1, 0.15) is 25.7 Å². The van der Waals surface area contributed by atoms with Gasteiger partial charge in [0.15, 0.2) is 0 Å². The Morgan fingerprint density at radius 3 is 2.96 bits per heavy atom. The van der Waals surface area contributed by atoms with Gasteiger partial charge in [0.2, 0.25) is 5.91 Å². The van der Waals surface area contributed by atoms with Crippen molar-refractivity contribution in [2.45, 2.75) is 44.4 Å². The first-order valence-corrected chi connectivity index (χ1v) is 8.78. The van der Waals surface area contributed by atoms with Gasteiger partial charge in [-0.2, -0.15) is 0 Å². The van der Waals surface area contributed by atoms with Crippen LogP contribution in [0.4, 0.5) is 0 Å². The number of aromatic nitrogens is 2. The molecule has 132 valence electrons. The fourth-order valence-electron chi connectivity index (χ4n) is 4.05. The Bertz CT molecular complexity index is 916. The highest BCUT2D eigenvalue weighted by atomic mass is 16.5. The third-order valence-electron chi connectivity index (χ3n) is 5.26. The van der Waals surface area contributed by atoms with E-state index in [9.17, 15) is 14.4 Å². The number of carbonyl (C=O) groups excluding carboxylic acids is 1. The third-order valence-corrected chi connectivity index (χ3v) is 5.26. The number of rotatable bonds is 3. The number of nitrogens with zero attached hydrogens (tertiary/aromatic N) is 2. The number of morpholine rings is 1. The minimum absolute atomic E-state index is 0.0439. The Morgan fingerprint density at radius 1 is 1.24 bits per heavy atom. The number of nitrogens with one attached hydrogen (secondary N) is 1. The highest BCUT2D eigenvalue weighted by molar-refractivity contribution is 5.79. The zero-order valence-corrected chi connectivity index (χ0v) is 13.9. The van der Waals surface area contributed by atoms with Gasteiger partial charge in [-0.3, -0.25) is 19.1 Å². The molecule has 1 N–H and O–H groups in total. The van der Waals surface area contributed by atoms with Gasteiger partial charge in [-0.25, -0.2) is 4.79 Å². The molecule has 0 bridgehead atoms. The lowest BCUT2D eigenvalue weighted by molar-refractivity contribution is -0.144. The summed E-state index contributed by atoms with van der Waals surface area (Å²) in [5.74, 6) is 0.0439. The van der Waals surface area contributed by atoms with E-state index in [1.807, 2.05) is 4.90 Å². The number of ether oxygens (including phenoxy) is 1. The molecule has 0 radical (unpaired) electrons. The number of aryl methyl sites for hydroxylation is 1. The maximum Gasteiger partial charge on any atom is 0.328 e. The molecule has 2 aliphatic rings. The molecule has 4 rings (SSSR count). The van der Waals surface area contributed by atoms with E-state index in [-0.39, 0.29) is 31.0 Å². The lowest BCUT2D eigenvalue weighted by atomic mass is 10.1. The van der Waals surface area contributed by atoms with Gasteiger partial charge < -0.3 is 9.64 Å². The fraction of sp³-hybridized carbons (Fsp3) is 0.500. The molecule has 0 spiro atoms. The molecule has 7 nitrogen and oxygen atoms in total. The summed E-state index contributed by atoms with van der Waals surface area (Å²) in [6, 6.07) is 7.12. The topological polar surface area (TPSA) is 84.4 Å². The van der Waals surface area contributed by atoms with Crippen molar-refractivity contribution in [2.75, 3.05) is 13.2 Å². The zero-order chi connectivity index (χ0) is 17.4. The average molecular weight is 343 g/mol. The van der Waals surface area contributed by atoms with E-state index in [2.05, 4.69) is 4.98 Å². The Labute approximate surface area is 144 Å². The minimum atomic E-state index is -0.475. The van der Waals surface area contributed by atoms with Crippen molar-refractivity contribution < 1.29 is 9.53 Å². The molecule has 1 aliphatic heterocycles. The number of H-pyrrole nitrogens is 1. The maximum absolute atomic E-state index is 12.7. The van der Waals surface area contributed by atoms with Crippen LogP contribution in [0.15, 0.2) is 33.9 Å². The number of hydrogen-bond donors (Lipinski definition) is 1. The predicted octanol–water partition coefficient (Wildman–Crippen LogP) is 0.860. The molecule has 1 amide bonds. The van der Waals surface area contributed by atoms with Crippen molar-refractivity contribution in [3.8, 4) is 0 Å². The Balaban J connectivity index is 1.55. The molecule has 2 aromatic rings. The van der Waals surface area contributed by atoms with Crippen molar-refractivity contribution >= 4 is 16.8 Å². The molecule has 1 saturated carbocycles. The van der Waals surface area contributed by atoms with Crippen LogP contribution in [0, 0.1) is 0 Å². The molecule has 2 fully saturated rings. The molecule has 0 unspecified atom stereocenters. The number of hydrogen-bond acceptors (Lipinski definition) is 4. The van der Waals surface area contributed by atoms with Gasteiger partial charge in [0.25, 0.3) is 5.56 Å². The molecule has 25 heavy (non-hydrogen) atoms. The quantitative estimate of drug-likeness (QED) is 0.896. The Kier molecular flexibility index (Phi) is 4.17. The standard InChI is InChI=1S/C18H21N3O4/c22-16(20-10-11-25-15-7-3-6-14(15)20)8-9-21-13-5-2-1-4-12(13)17(23)19-18(21)24/h1-2,4-5,14-15H,3,6-11H2,(H,19,23,24)/t14-,15-/m0/s1. The highest BCUT2D eigenvalue weighted by Crippen LogP contribution is 2.30. The second-order valence-corrected chi connectivity index (χ2v) is 6.67. The molecule has 2 atom stereocenters. The van der Waals surface area contributed by atoms with E-state index in [0.29, 0.717) is 24.1 Å². The fourth-order valence-corrected chi connectivity index (χ4v) is 4.05. The van der Waals surface area contributed by atoms with Gasteiger partial charge in [-0.05, 0) is 31.4 Å². The van der Waals surface area contributed by atoms with Crippen molar-refractivity contribution in [3.05, 3.63) is 45.1 Å². The number of amides is 1. The van der Waals surface area contributed by atoms with Gasteiger partial charge in [0, 0.05) is 19.5 Å². The summed E-state index contributed by atoms with van der Waals surface area (Å²) in [6.07, 6.45) is 3.48. The number of benzene rings is 1. The van der Waals surface area contributed by atoms with Crippen LogP contribution in [-0.4, -0.2) is 45.7 Å². The normalized spacial score (nSPS) is 23.0. The maximum atomic E-state index is 12.7. The van der Waals surface area contributed by atoms with E-state index in [1.165, 1.54) is 4.57 Å². The smallest absolute Gasteiger partial charge is 0.328 e. The average Bonchev–Trinajstić information content (AvgIpc) is 3.10. The van der Waals surface area contributed by atoms with E-state index in [1.54, 1.807) is 24.3 Å². The van der Waals surface area contributed by atoms with Crippen LogP contribution in [0.2, 0.25) is 0 Å². The molecule has 1 aromatic heterocycles. The molecular formula is C18H21N3O4. The molecule has 1 aliphatic carbocycles. The van der Waals surface area contributed by atoms with Crippen LogP contribution < -0.4 is 11.2 Å². The monoisotopic (exact) mass is 343 g/mol. The molecule has 7 heteroatoms. The number of carbonyl (C=O) groups is 1. The highest BCUT2D eigenvalue weighted by Gasteiger charge is 2.38. The first kappa shape index (κ1) is 16.1. The SMILES string of the molecule is O=C(CCn1c(=O)[nH]c(=O)c2ccccc21)N1CCO[C@H]2CCC[C@@H]21. The molecule has 2 heterocycles. The lowest BCUT2D eigenvalue weighted by Crippen LogP contribution is -2.51. The lowest BCUT2D eigenvalue weighted by Gasteiger charge is -2.37. The first-order chi connectivity index (χ1) is 12.1. The van der Waals surface area contributed by atoms with Gasteiger partial charge >= 0.3 is 5.69 Å². The van der Waals surface area contributed by atoms with Crippen molar-refractivity contribution in [2.24, 2.45) is 0 Å². The van der Waals surface area contributed by atoms with Gasteiger partial charge in [0.05, 0.1) is 29.7 Å². The molecular weight excluding hydrogens is 322 g/mol. The van der Waals surface area contributed by atoms with Crippen LogP contribution in [0.5, 0.6) is 0 Å². The van der Waals surface area contributed by atoms with E-state index in [0.717, 1.165) is 19.3 Å². The van der Waals surface area contributed by atoms with Crippen molar-refractivity contribution in [1.29, 1.82) is 0 Å². The van der Waals surface area contributed by atoms with Crippen molar-refractivity contribution in [3.63, 3.8) is 0 Å². The summed E-state index contributed by atoms with van der Waals surface area (Å²) in [6.45, 7) is 1.44. The summed E-state index contributed by atoms with van der Waals surface area (Å²) in [5.41, 5.74) is -0.313. The van der Waals surface area contributed by atoms with Crippen LogP contribution >= 0.6 is 0 Å². The van der Waals surface area contributed by atoms with E-state index >= 15 is 0 Å². The second-order valence-electron chi connectivity index (χ2n) is 6.67. The molecule has 1 saturated heterocycles. The third kappa shape index (κ3) is 2.89. The van der Waals surface area contributed by atoms with Gasteiger partial charge in [-0.15, -0.1) is 0 Å². The summed E-state index contributed by atoms with van der Waals surface area (Å²) < 4.78 is 7.22. The van der Waals surface area contributed by atoms with E-state index < -0.39 is 11.2 Å².